The van der Waals surface area contributed by atoms with Crippen molar-refractivity contribution < 1.29 is 23.9 Å². The summed E-state index contributed by atoms with van der Waals surface area (Å²) in [6.07, 6.45) is 0.686. The summed E-state index contributed by atoms with van der Waals surface area (Å²) in [6.45, 7) is 0. The summed E-state index contributed by atoms with van der Waals surface area (Å²) in [4.78, 5) is 49.4. The van der Waals surface area contributed by atoms with Crippen molar-refractivity contribution in [3.8, 4) is 5.75 Å². The lowest BCUT2D eigenvalue weighted by Crippen LogP contribution is -2.32. The number of halogens is 3. The van der Waals surface area contributed by atoms with Gasteiger partial charge in [0.2, 0.25) is 0 Å². The van der Waals surface area contributed by atoms with Crippen LogP contribution in [0.2, 0.25) is 10.0 Å². The van der Waals surface area contributed by atoms with Gasteiger partial charge in [-0.25, -0.2) is 9.69 Å². The molecule has 34 heavy (non-hydrogen) atoms. The van der Waals surface area contributed by atoms with Crippen molar-refractivity contribution in [1.82, 2.24) is 0 Å². The van der Waals surface area contributed by atoms with Gasteiger partial charge in [0, 0.05) is 11.3 Å². The van der Waals surface area contributed by atoms with Crippen molar-refractivity contribution >= 4 is 70.2 Å². The Morgan fingerprint density at radius 1 is 0.853 bits per heavy atom. The molecule has 1 N–H and O–H groups in total. The van der Waals surface area contributed by atoms with Crippen LogP contribution >= 0.6 is 34.8 Å². The van der Waals surface area contributed by atoms with Crippen LogP contribution in [0.1, 0.15) is 20.7 Å². The van der Waals surface area contributed by atoms with E-state index < -0.39 is 17.8 Å². The van der Waals surface area contributed by atoms with Crippen molar-refractivity contribution in [2.75, 3.05) is 10.2 Å². The van der Waals surface area contributed by atoms with E-state index in [1.807, 2.05) is 0 Å². The van der Waals surface area contributed by atoms with Crippen molar-refractivity contribution in [2.24, 2.45) is 0 Å². The van der Waals surface area contributed by atoms with E-state index in [2.05, 4.69) is 5.32 Å². The Bertz CT molecular complexity index is 1350. The lowest BCUT2D eigenvalue weighted by molar-refractivity contribution is -0.120. The Balaban J connectivity index is 1.47. The lowest BCUT2D eigenvalue weighted by Gasteiger charge is -2.15. The van der Waals surface area contributed by atoms with Crippen LogP contribution in [0.3, 0.4) is 0 Å². The van der Waals surface area contributed by atoms with E-state index in [0.29, 0.717) is 17.5 Å². The molecule has 7 nitrogen and oxygen atoms in total. The third-order valence-electron chi connectivity index (χ3n) is 4.81. The fraction of sp³-hybridized carbons (Fsp3) is 0. The molecule has 0 bridgehead atoms. The number of nitrogens with one attached hydrogen (secondary N) is 1. The molecule has 1 aliphatic rings. The lowest BCUT2D eigenvalue weighted by atomic mass is 10.2. The van der Waals surface area contributed by atoms with Crippen molar-refractivity contribution in [2.45, 2.75) is 0 Å². The van der Waals surface area contributed by atoms with Crippen molar-refractivity contribution in [1.29, 1.82) is 0 Å². The third-order valence-corrected chi connectivity index (χ3v) is 5.90. The Hall–Kier alpha value is -3.65. The fourth-order valence-corrected chi connectivity index (χ4v) is 3.59. The summed E-state index contributed by atoms with van der Waals surface area (Å²) in [5.41, 5.74) is 1.22. The van der Waals surface area contributed by atoms with E-state index in [1.165, 1.54) is 66.7 Å². The van der Waals surface area contributed by atoms with E-state index >= 15 is 0 Å². The van der Waals surface area contributed by atoms with Crippen molar-refractivity contribution in [3.63, 3.8) is 0 Å². The van der Waals surface area contributed by atoms with Gasteiger partial charge in [-0.05, 0) is 66.7 Å². The quantitative estimate of drug-likeness (QED) is 0.203. The summed E-state index contributed by atoms with van der Waals surface area (Å²) in [5, 5.41) is 2.98. The first-order valence-corrected chi connectivity index (χ1v) is 10.8. The molecule has 0 saturated carbocycles. The number of anilines is 2. The minimum atomic E-state index is -0.714. The van der Waals surface area contributed by atoms with Crippen LogP contribution in [0.4, 0.5) is 11.4 Å². The highest BCUT2D eigenvalue weighted by molar-refractivity contribution is 6.53. The summed E-state index contributed by atoms with van der Waals surface area (Å²) in [6, 6.07) is 16.4. The molecule has 10 heteroatoms. The number of benzene rings is 3. The molecule has 0 fully saturated rings. The standard InChI is InChI=1S/C24H13Cl3N2O5/c25-18-10-7-16(11-19(18)26)29-22(31)20(27)21(23(29)32)28-15-5-3-14(4-6-15)24(33)34-17-8-1-13(12-30)2-9-17/h1-12,28H. The van der Waals surface area contributed by atoms with Gasteiger partial charge in [0.15, 0.2) is 0 Å². The number of nitrogens with zero attached hydrogens (tertiary/aromatic N) is 1. The molecule has 1 aliphatic heterocycles. The maximum absolute atomic E-state index is 12.9. The number of imide groups is 1. The van der Waals surface area contributed by atoms with Crippen molar-refractivity contribution in [3.05, 3.63) is 98.6 Å². The van der Waals surface area contributed by atoms with E-state index in [9.17, 15) is 19.2 Å². The Morgan fingerprint density at radius 2 is 1.53 bits per heavy atom. The molecule has 0 unspecified atom stereocenters. The predicted molar refractivity (Wildman–Crippen MR) is 129 cm³/mol. The van der Waals surface area contributed by atoms with Crippen LogP contribution in [-0.4, -0.2) is 24.1 Å². The summed E-state index contributed by atoms with van der Waals surface area (Å²) < 4.78 is 5.27. The zero-order valence-electron chi connectivity index (χ0n) is 17.1. The first kappa shape index (κ1) is 23.5. The first-order chi connectivity index (χ1) is 16.3. The van der Waals surface area contributed by atoms with Crippen LogP contribution in [0.15, 0.2) is 77.5 Å². The highest BCUT2D eigenvalue weighted by Crippen LogP contribution is 2.33. The molecule has 2 amide bonds. The molecular formula is C24H13Cl3N2O5. The molecule has 3 aromatic carbocycles. The van der Waals surface area contributed by atoms with Gasteiger partial charge < -0.3 is 10.1 Å². The molecule has 0 aliphatic carbocycles. The smallest absolute Gasteiger partial charge is 0.343 e. The molecule has 0 atom stereocenters. The summed E-state index contributed by atoms with van der Waals surface area (Å²) in [7, 11) is 0. The molecule has 0 spiro atoms. The molecule has 4 rings (SSSR count). The van der Waals surface area contributed by atoms with Gasteiger partial charge in [-0.1, -0.05) is 34.8 Å². The minimum absolute atomic E-state index is 0.122. The van der Waals surface area contributed by atoms with Crippen LogP contribution in [0, 0.1) is 0 Å². The van der Waals surface area contributed by atoms with E-state index in [-0.39, 0.29) is 37.8 Å². The average Bonchev–Trinajstić information content (AvgIpc) is 3.05. The average molecular weight is 516 g/mol. The highest BCUT2D eigenvalue weighted by atomic mass is 35.5. The zero-order chi connectivity index (χ0) is 24.4. The van der Waals surface area contributed by atoms with Gasteiger partial charge in [-0.15, -0.1) is 0 Å². The number of amides is 2. The van der Waals surface area contributed by atoms with Gasteiger partial charge in [-0.2, -0.15) is 0 Å². The maximum Gasteiger partial charge on any atom is 0.343 e. The molecule has 0 aromatic heterocycles. The molecule has 0 radical (unpaired) electrons. The molecule has 1 heterocycles. The predicted octanol–water partition coefficient (Wildman–Crippen LogP) is 5.46. The van der Waals surface area contributed by atoms with Gasteiger partial charge in [-0.3, -0.25) is 14.4 Å². The number of aldehydes is 1. The maximum atomic E-state index is 12.9. The molecule has 0 saturated heterocycles. The second-order valence-corrected chi connectivity index (χ2v) is 8.20. The number of hydrogen-bond acceptors (Lipinski definition) is 6. The van der Waals surface area contributed by atoms with Gasteiger partial charge >= 0.3 is 5.97 Å². The second kappa shape index (κ2) is 9.69. The Labute approximate surface area is 208 Å². The Morgan fingerprint density at radius 3 is 2.15 bits per heavy atom. The Kier molecular flexibility index (Phi) is 6.70. The fourth-order valence-electron chi connectivity index (χ4n) is 3.08. The number of carbonyl (C=O) groups is 4. The van der Waals surface area contributed by atoms with Gasteiger partial charge in [0.1, 0.15) is 22.8 Å². The van der Waals surface area contributed by atoms with Crippen LogP contribution in [0.5, 0.6) is 5.75 Å². The number of carbonyl (C=O) groups excluding carboxylic acids is 4. The molecule has 3 aromatic rings. The van der Waals surface area contributed by atoms with E-state index in [4.69, 9.17) is 39.5 Å². The van der Waals surface area contributed by atoms with Crippen LogP contribution in [-0.2, 0) is 9.59 Å². The largest absolute Gasteiger partial charge is 0.423 e. The highest BCUT2D eigenvalue weighted by Gasteiger charge is 2.39. The normalized spacial score (nSPS) is 13.3. The molecule has 170 valence electrons. The van der Waals surface area contributed by atoms with E-state index in [0.717, 1.165) is 4.90 Å². The summed E-state index contributed by atoms with van der Waals surface area (Å²) in [5.74, 6) is -1.71. The number of rotatable bonds is 6. The number of hydrogen-bond donors (Lipinski definition) is 1. The third kappa shape index (κ3) is 4.68. The van der Waals surface area contributed by atoms with Crippen LogP contribution in [0.25, 0.3) is 0 Å². The molecular weight excluding hydrogens is 503 g/mol. The first-order valence-electron chi connectivity index (χ1n) is 9.66. The van der Waals surface area contributed by atoms with Gasteiger partial charge in [0.05, 0.1) is 21.3 Å². The monoisotopic (exact) mass is 514 g/mol. The topological polar surface area (TPSA) is 92.8 Å². The summed E-state index contributed by atoms with van der Waals surface area (Å²) >= 11 is 18.0. The van der Waals surface area contributed by atoms with Crippen LogP contribution < -0.4 is 15.0 Å². The van der Waals surface area contributed by atoms with E-state index in [1.54, 1.807) is 0 Å². The second-order valence-electron chi connectivity index (χ2n) is 7.01. The van der Waals surface area contributed by atoms with Gasteiger partial charge in [0.25, 0.3) is 11.8 Å². The number of ether oxygens (including phenoxy) is 1. The number of esters is 1. The zero-order valence-corrected chi connectivity index (χ0v) is 19.3. The minimum Gasteiger partial charge on any atom is -0.423 e. The SMILES string of the molecule is O=Cc1ccc(OC(=O)c2ccc(NC3=C(Cl)C(=O)N(c4ccc(Cl)c(Cl)c4)C3=O)cc2)cc1.